The molecular formula is C21H19NO3S2. The van der Waals surface area contributed by atoms with Crippen molar-refractivity contribution in [3.8, 4) is 0 Å². The third kappa shape index (κ3) is 3.42. The van der Waals surface area contributed by atoms with Crippen LogP contribution in [0.15, 0.2) is 69.8 Å². The number of hydrogen-bond acceptors (Lipinski definition) is 4. The van der Waals surface area contributed by atoms with E-state index in [2.05, 4.69) is 6.07 Å². The van der Waals surface area contributed by atoms with E-state index >= 15 is 0 Å². The van der Waals surface area contributed by atoms with E-state index in [1.807, 2.05) is 25.1 Å². The largest absolute Gasteiger partial charge is 0.333 e. The van der Waals surface area contributed by atoms with Gasteiger partial charge in [0.05, 0.1) is 9.77 Å². The van der Waals surface area contributed by atoms with Crippen molar-refractivity contribution < 1.29 is 13.2 Å². The fourth-order valence-electron chi connectivity index (χ4n) is 3.24. The zero-order valence-corrected chi connectivity index (χ0v) is 16.5. The van der Waals surface area contributed by atoms with E-state index < -0.39 is 9.84 Å². The number of fused-ring (bicyclic) bond motifs is 1. The van der Waals surface area contributed by atoms with Crippen molar-refractivity contribution in [1.82, 2.24) is 4.90 Å². The summed E-state index contributed by atoms with van der Waals surface area (Å²) >= 11 is 1.04. The van der Waals surface area contributed by atoms with Crippen molar-refractivity contribution in [3.05, 3.63) is 82.2 Å². The Morgan fingerprint density at radius 3 is 2.41 bits per heavy atom. The number of thiophene rings is 1. The van der Waals surface area contributed by atoms with Gasteiger partial charge in [-0.3, -0.25) is 4.79 Å². The van der Waals surface area contributed by atoms with Crippen LogP contribution in [-0.2, 0) is 22.8 Å². The Balaban J connectivity index is 1.57. The van der Waals surface area contributed by atoms with E-state index in [4.69, 9.17) is 0 Å². The maximum atomic E-state index is 12.9. The monoisotopic (exact) mass is 397 g/mol. The number of carbonyl (C=O) groups is 1. The second-order valence-electron chi connectivity index (χ2n) is 6.68. The zero-order valence-electron chi connectivity index (χ0n) is 14.9. The first-order chi connectivity index (χ1) is 12.9. The molecule has 0 unspecified atom stereocenters. The fraction of sp³-hybridized carbons (Fsp3) is 0.190. The summed E-state index contributed by atoms with van der Waals surface area (Å²) in [6.07, 6.45) is 0.821. The number of carbonyl (C=O) groups excluding carboxylic acids is 1. The fourth-order valence-corrected chi connectivity index (χ4v) is 5.91. The van der Waals surface area contributed by atoms with E-state index in [1.54, 1.807) is 35.2 Å². The quantitative estimate of drug-likeness (QED) is 0.669. The molecule has 27 heavy (non-hydrogen) atoms. The average molecular weight is 398 g/mol. The van der Waals surface area contributed by atoms with Crippen LogP contribution in [0.2, 0.25) is 0 Å². The lowest BCUT2D eigenvalue weighted by Gasteiger charge is -2.28. The third-order valence-corrected chi connectivity index (χ3v) is 8.14. The number of aryl methyl sites for hydroxylation is 1. The highest BCUT2D eigenvalue weighted by Gasteiger charge is 2.26. The molecule has 4 rings (SSSR count). The minimum Gasteiger partial charge on any atom is -0.333 e. The van der Waals surface area contributed by atoms with E-state index in [0.29, 0.717) is 18.0 Å². The predicted octanol–water partition coefficient (Wildman–Crippen LogP) is 4.09. The van der Waals surface area contributed by atoms with Crippen LogP contribution in [-0.4, -0.2) is 25.8 Å². The smallest absolute Gasteiger partial charge is 0.264 e. The summed E-state index contributed by atoms with van der Waals surface area (Å²) in [6, 6.07) is 18.0. The Labute approximate surface area is 163 Å². The maximum Gasteiger partial charge on any atom is 0.264 e. The Hall–Kier alpha value is -2.44. The summed E-state index contributed by atoms with van der Waals surface area (Å²) in [4.78, 5) is 15.4. The van der Waals surface area contributed by atoms with Gasteiger partial charge in [-0.15, -0.1) is 11.3 Å². The second-order valence-corrected chi connectivity index (χ2v) is 9.94. The Morgan fingerprint density at radius 2 is 1.67 bits per heavy atom. The summed E-state index contributed by atoms with van der Waals surface area (Å²) in [7, 11) is -3.60. The SMILES string of the molecule is Cc1ccc(S(=O)(=O)c2ccc(C(=O)N3CCc4ccccc4C3)s2)cc1. The van der Waals surface area contributed by atoms with Gasteiger partial charge in [0.2, 0.25) is 9.84 Å². The highest BCUT2D eigenvalue weighted by molar-refractivity contribution is 7.93. The number of nitrogens with zero attached hydrogens (tertiary/aromatic N) is 1. The molecular weight excluding hydrogens is 378 g/mol. The van der Waals surface area contributed by atoms with Crippen LogP contribution in [0.5, 0.6) is 0 Å². The van der Waals surface area contributed by atoms with Gasteiger partial charge >= 0.3 is 0 Å². The minimum atomic E-state index is -3.60. The minimum absolute atomic E-state index is 0.111. The number of sulfone groups is 1. The molecule has 0 spiro atoms. The summed E-state index contributed by atoms with van der Waals surface area (Å²) in [5.41, 5.74) is 3.43. The first-order valence-electron chi connectivity index (χ1n) is 8.73. The van der Waals surface area contributed by atoms with Crippen molar-refractivity contribution in [2.75, 3.05) is 6.54 Å². The van der Waals surface area contributed by atoms with Gasteiger partial charge in [0.15, 0.2) is 0 Å². The predicted molar refractivity (Wildman–Crippen MR) is 106 cm³/mol. The summed E-state index contributed by atoms with van der Waals surface area (Å²) in [5, 5.41) is 0. The molecule has 138 valence electrons. The van der Waals surface area contributed by atoms with Crippen molar-refractivity contribution in [2.45, 2.75) is 29.0 Å². The Kier molecular flexibility index (Phi) is 4.61. The average Bonchev–Trinajstić information content (AvgIpc) is 3.18. The molecule has 1 aliphatic rings. The summed E-state index contributed by atoms with van der Waals surface area (Å²) < 4.78 is 25.8. The van der Waals surface area contributed by atoms with Crippen molar-refractivity contribution in [3.63, 3.8) is 0 Å². The summed E-state index contributed by atoms with van der Waals surface area (Å²) in [5.74, 6) is -0.111. The standard InChI is InChI=1S/C21H19NO3S2/c1-15-6-8-18(9-7-15)27(24,25)20-11-10-19(26-20)21(23)22-13-12-16-4-2-3-5-17(16)14-22/h2-11H,12-14H2,1H3. The van der Waals surface area contributed by atoms with Crippen molar-refractivity contribution in [1.29, 1.82) is 0 Å². The molecule has 1 amide bonds. The van der Waals surface area contributed by atoms with Crippen LogP contribution in [0.1, 0.15) is 26.4 Å². The van der Waals surface area contributed by atoms with Gasteiger partial charge in [0.25, 0.3) is 5.91 Å². The van der Waals surface area contributed by atoms with Crippen LogP contribution in [0.25, 0.3) is 0 Å². The van der Waals surface area contributed by atoms with Crippen LogP contribution < -0.4 is 0 Å². The van der Waals surface area contributed by atoms with Gasteiger partial charge < -0.3 is 4.90 Å². The van der Waals surface area contributed by atoms with Gasteiger partial charge in [-0.05, 0) is 48.7 Å². The molecule has 0 N–H and O–H groups in total. The van der Waals surface area contributed by atoms with Crippen LogP contribution in [0.4, 0.5) is 0 Å². The molecule has 1 aromatic heterocycles. The molecule has 0 fully saturated rings. The number of benzene rings is 2. The van der Waals surface area contributed by atoms with Gasteiger partial charge in [0.1, 0.15) is 4.21 Å². The molecule has 0 saturated carbocycles. The number of amides is 1. The first kappa shape index (κ1) is 17.9. The van der Waals surface area contributed by atoms with Crippen LogP contribution in [0.3, 0.4) is 0 Å². The number of rotatable bonds is 3. The van der Waals surface area contributed by atoms with Crippen LogP contribution in [0, 0.1) is 6.92 Å². The van der Waals surface area contributed by atoms with Gasteiger partial charge in [-0.2, -0.15) is 0 Å². The second kappa shape index (κ2) is 6.94. The Bertz CT molecular complexity index is 1100. The topological polar surface area (TPSA) is 54.5 Å². The first-order valence-corrected chi connectivity index (χ1v) is 11.0. The molecule has 0 atom stereocenters. The zero-order chi connectivity index (χ0) is 19.0. The molecule has 6 heteroatoms. The highest BCUT2D eigenvalue weighted by atomic mass is 32.2. The lowest BCUT2D eigenvalue weighted by Crippen LogP contribution is -2.35. The normalized spacial score (nSPS) is 14.0. The van der Waals surface area contributed by atoms with Gasteiger partial charge in [0, 0.05) is 13.1 Å². The lowest BCUT2D eigenvalue weighted by atomic mass is 10.00. The molecule has 0 radical (unpaired) electrons. The molecule has 0 aliphatic carbocycles. The maximum absolute atomic E-state index is 12.9. The van der Waals surface area contributed by atoms with E-state index in [-0.39, 0.29) is 15.0 Å². The Morgan fingerprint density at radius 1 is 0.963 bits per heavy atom. The molecule has 2 aromatic carbocycles. The third-order valence-electron chi connectivity index (χ3n) is 4.81. The number of hydrogen-bond donors (Lipinski definition) is 0. The van der Waals surface area contributed by atoms with Crippen molar-refractivity contribution in [2.24, 2.45) is 0 Å². The van der Waals surface area contributed by atoms with Crippen molar-refractivity contribution >= 4 is 27.1 Å². The van der Waals surface area contributed by atoms with Crippen LogP contribution >= 0.6 is 11.3 Å². The molecule has 0 saturated heterocycles. The van der Waals surface area contributed by atoms with E-state index in [1.165, 1.54) is 11.6 Å². The van der Waals surface area contributed by atoms with E-state index in [0.717, 1.165) is 28.9 Å². The van der Waals surface area contributed by atoms with Gasteiger partial charge in [-0.1, -0.05) is 42.0 Å². The molecule has 2 heterocycles. The lowest BCUT2D eigenvalue weighted by molar-refractivity contribution is 0.0739. The molecule has 1 aliphatic heterocycles. The van der Waals surface area contributed by atoms with Gasteiger partial charge in [-0.25, -0.2) is 8.42 Å². The molecule has 0 bridgehead atoms. The summed E-state index contributed by atoms with van der Waals surface area (Å²) in [6.45, 7) is 3.12. The molecule has 3 aromatic rings. The molecule has 4 nitrogen and oxygen atoms in total. The van der Waals surface area contributed by atoms with E-state index in [9.17, 15) is 13.2 Å². The highest BCUT2D eigenvalue weighted by Crippen LogP contribution is 2.30.